The summed E-state index contributed by atoms with van der Waals surface area (Å²) in [6.45, 7) is 0.794. The van der Waals surface area contributed by atoms with E-state index in [0.29, 0.717) is 6.42 Å². The van der Waals surface area contributed by atoms with Gasteiger partial charge in [-0.25, -0.2) is 4.39 Å². The van der Waals surface area contributed by atoms with Crippen molar-refractivity contribution in [2.75, 3.05) is 0 Å². The third kappa shape index (κ3) is 4.18. The molecule has 0 amide bonds. The standard InChI is InChI=1S/C20H25FN2/c21-19-11-5-4-9-17(19)13-20(12-6-10-18(22)14-20)23-15-16-7-2-1-3-8-16/h1-5,7-9,11,18,23H,6,10,12-15,22H2/t18-,20-/m1/s1. The molecule has 3 heteroatoms. The second-order valence-electron chi connectivity index (χ2n) is 6.74. The van der Waals surface area contributed by atoms with Gasteiger partial charge in [0.25, 0.3) is 0 Å². The molecule has 1 fully saturated rings. The molecule has 2 nitrogen and oxygen atoms in total. The SMILES string of the molecule is N[C@@H]1CCC[C@](Cc2ccccc2F)(NCc2ccccc2)C1. The minimum Gasteiger partial charge on any atom is -0.328 e. The fraction of sp³-hybridized carbons (Fsp3) is 0.400. The Bertz CT molecular complexity index is 629. The molecule has 0 unspecified atom stereocenters. The van der Waals surface area contributed by atoms with Crippen LogP contribution >= 0.6 is 0 Å². The highest BCUT2D eigenvalue weighted by molar-refractivity contribution is 5.22. The van der Waals surface area contributed by atoms with Crippen LogP contribution in [-0.4, -0.2) is 11.6 Å². The molecule has 2 aromatic rings. The first-order valence-electron chi connectivity index (χ1n) is 8.45. The summed E-state index contributed by atoms with van der Waals surface area (Å²) >= 11 is 0. The number of benzene rings is 2. The number of halogens is 1. The van der Waals surface area contributed by atoms with Crippen LogP contribution in [0.15, 0.2) is 54.6 Å². The van der Waals surface area contributed by atoms with Crippen LogP contribution in [0.25, 0.3) is 0 Å². The van der Waals surface area contributed by atoms with Gasteiger partial charge in [-0.2, -0.15) is 0 Å². The highest BCUT2D eigenvalue weighted by atomic mass is 19.1. The molecule has 1 saturated carbocycles. The average molecular weight is 312 g/mol. The average Bonchev–Trinajstić information content (AvgIpc) is 2.56. The summed E-state index contributed by atoms with van der Waals surface area (Å²) in [7, 11) is 0. The Hall–Kier alpha value is -1.71. The molecule has 2 aromatic carbocycles. The maximum Gasteiger partial charge on any atom is 0.126 e. The molecule has 3 rings (SSSR count). The van der Waals surface area contributed by atoms with Crippen LogP contribution in [0.3, 0.4) is 0 Å². The molecule has 3 N–H and O–H groups in total. The number of nitrogens with one attached hydrogen (secondary N) is 1. The van der Waals surface area contributed by atoms with Crippen LogP contribution in [0.2, 0.25) is 0 Å². The van der Waals surface area contributed by atoms with Gasteiger partial charge in [0, 0.05) is 18.1 Å². The van der Waals surface area contributed by atoms with Crippen LogP contribution in [0.5, 0.6) is 0 Å². The molecule has 0 bridgehead atoms. The molecule has 122 valence electrons. The van der Waals surface area contributed by atoms with Gasteiger partial charge in [0.2, 0.25) is 0 Å². The van der Waals surface area contributed by atoms with Gasteiger partial charge in [-0.15, -0.1) is 0 Å². The maximum atomic E-state index is 14.1. The minimum absolute atomic E-state index is 0.115. The first kappa shape index (κ1) is 16.2. The molecule has 0 heterocycles. The molecule has 1 aliphatic carbocycles. The molecule has 23 heavy (non-hydrogen) atoms. The van der Waals surface area contributed by atoms with Crippen molar-refractivity contribution in [1.29, 1.82) is 0 Å². The number of rotatable bonds is 5. The van der Waals surface area contributed by atoms with E-state index < -0.39 is 0 Å². The topological polar surface area (TPSA) is 38.0 Å². The fourth-order valence-corrected chi connectivity index (χ4v) is 3.68. The first-order chi connectivity index (χ1) is 11.2. The van der Waals surface area contributed by atoms with Crippen molar-refractivity contribution >= 4 is 0 Å². The summed E-state index contributed by atoms with van der Waals surface area (Å²) in [5.41, 5.74) is 8.15. The molecule has 0 aliphatic heterocycles. The minimum atomic E-state index is -0.118. The molecule has 0 spiro atoms. The van der Waals surface area contributed by atoms with Crippen molar-refractivity contribution in [2.24, 2.45) is 5.73 Å². The van der Waals surface area contributed by atoms with Gasteiger partial charge < -0.3 is 11.1 Å². The van der Waals surface area contributed by atoms with Crippen molar-refractivity contribution in [3.63, 3.8) is 0 Å². The molecule has 0 radical (unpaired) electrons. The Morgan fingerprint density at radius 3 is 2.57 bits per heavy atom. The van der Waals surface area contributed by atoms with Gasteiger partial charge in [0.1, 0.15) is 5.82 Å². The van der Waals surface area contributed by atoms with Crippen LogP contribution in [-0.2, 0) is 13.0 Å². The van der Waals surface area contributed by atoms with Crippen molar-refractivity contribution in [1.82, 2.24) is 5.32 Å². The van der Waals surface area contributed by atoms with E-state index in [1.165, 1.54) is 5.56 Å². The fourth-order valence-electron chi connectivity index (χ4n) is 3.68. The Morgan fingerprint density at radius 1 is 1.09 bits per heavy atom. The zero-order valence-corrected chi connectivity index (χ0v) is 13.5. The largest absolute Gasteiger partial charge is 0.328 e. The van der Waals surface area contributed by atoms with Crippen LogP contribution in [0.1, 0.15) is 36.8 Å². The van der Waals surface area contributed by atoms with Gasteiger partial charge in [-0.3, -0.25) is 0 Å². The quantitative estimate of drug-likeness (QED) is 0.881. The molecule has 0 aromatic heterocycles. The second kappa shape index (κ2) is 7.24. The van der Waals surface area contributed by atoms with Crippen LogP contribution in [0, 0.1) is 5.82 Å². The van der Waals surface area contributed by atoms with Crippen molar-refractivity contribution < 1.29 is 4.39 Å². The van der Waals surface area contributed by atoms with E-state index in [2.05, 4.69) is 17.4 Å². The number of hydrogen-bond acceptors (Lipinski definition) is 2. The summed E-state index contributed by atoms with van der Waals surface area (Å²) in [6.07, 6.45) is 4.79. The van der Waals surface area contributed by atoms with Gasteiger partial charge in [-0.1, -0.05) is 55.0 Å². The van der Waals surface area contributed by atoms with Gasteiger partial charge in [-0.05, 0) is 42.9 Å². The molecular formula is C20H25FN2. The lowest BCUT2D eigenvalue weighted by molar-refractivity contribution is 0.206. The van der Waals surface area contributed by atoms with E-state index in [1.807, 2.05) is 30.3 Å². The van der Waals surface area contributed by atoms with E-state index in [1.54, 1.807) is 12.1 Å². The highest BCUT2D eigenvalue weighted by Gasteiger charge is 2.35. The molecule has 0 saturated heterocycles. The molecular weight excluding hydrogens is 287 g/mol. The Labute approximate surface area is 137 Å². The van der Waals surface area contributed by atoms with E-state index in [4.69, 9.17) is 5.73 Å². The van der Waals surface area contributed by atoms with E-state index >= 15 is 0 Å². The van der Waals surface area contributed by atoms with E-state index in [9.17, 15) is 4.39 Å². The predicted molar refractivity (Wildman–Crippen MR) is 92.6 cm³/mol. The third-order valence-corrected chi connectivity index (χ3v) is 4.88. The lowest BCUT2D eigenvalue weighted by atomic mass is 9.75. The monoisotopic (exact) mass is 312 g/mol. The third-order valence-electron chi connectivity index (χ3n) is 4.88. The van der Waals surface area contributed by atoms with Crippen LogP contribution in [0.4, 0.5) is 4.39 Å². The zero-order chi connectivity index (χ0) is 16.1. The lowest BCUT2D eigenvalue weighted by Crippen LogP contribution is -2.53. The van der Waals surface area contributed by atoms with Crippen molar-refractivity contribution in [3.8, 4) is 0 Å². The van der Waals surface area contributed by atoms with Crippen molar-refractivity contribution in [2.45, 2.75) is 50.2 Å². The Morgan fingerprint density at radius 2 is 1.83 bits per heavy atom. The normalized spacial score (nSPS) is 24.5. The zero-order valence-electron chi connectivity index (χ0n) is 13.5. The Kier molecular flexibility index (Phi) is 5.09. The highest BCUT2D eigenvalue weighted by Crippen LogP contribution is 2.32. The van der Waals surface area contributed by atoms with Gasteiger partial charge in [0.05, 0.1) is 0 Å². The van der Waals surface area contributed by atoms with E-state index in [-0.39, 0.29) is 17.4 Å². The summed E-state index contributed by atoms with van der Waals surface area (Å²) in [4.78, 5) is 0. The molecule has 2 atom stereocenters. The van der Waals surface area contributed by atoms with E-state index in [0.717, 1.165) is 37.8 Å². The maximum absolute atomic E-state index is 14.1. The van der Waals surface area contributed by atoms with Crippen LogP contribution < -0.4 is 11.1 Å². The summed E-state index contributed by atoms with van der Waals surface area (Å²) < 4.78 is 14.1. The molecule has 1 aliphatic rings. The first-order valence-corrected chi connectivity index (χ1v) is 8.45. The second-order valence-corrected chi connectivity index (χ2v) is 6.74. The van der Waals surface area contributed by atoms with Gasteiger partial charge in [0.15, 0.2) is 0 Å². The number of nitrogens with two attached hydrogens (primary N) is 1. The summed E-state index contributed by atoms with van der Waals surface area (Å²) in [6, 6.07) is 17.6. The number of hydrogen-bond donors (Lipinski definition) is 2. The van der Waals surface area contributed by atoms with Crippen molar-refractivity contribution in [3.05, 3.63) is 71.5 Å². The summed E-state index contributed by atoms with van der Waals surface area (Å²) in [5, 5.41) is 3.71. The van der Waals surface area contributed by atoms with Gasteiger partial charge >= 0.3 is 0 Å². The smallest absolute Gasteiger partial charge is 0.126 e. The Balaban J connectivity index is 1.78. The summed E-state index contributed by atoms with van der Waals surface area (Å²) in [5.74, 6) is -0.118. The lowest BCUT2D eigenvalue weighted by Gasteiger charge is -2.41. The predicted octanol–water partition coefficient (Wildman–Crippen LogP) is 3.80.